The van der Waals surface area contributed by atoms with Gasteiger partial charge in [-0.15, -0.1) is 0 Å². The molecule has 0 radical (unpaired) electrons. The minimum Gasteiger partial charge on any atom is -0.487 e. The second kappa shape index (κ2) is 11.7. The number of pyridine rings is 1. The number of aryl methyl sites for hydroxylation is 1. The number of carboxylic acid groups (broad SMARTS) is 1. The lowest BCUT2D eigenvalue weighted by Gasteiger charge is -2.33. The van der Waals surface area contributed by atoms with E-state index in [4.69, 9.17) is 9.72 Å². The summed E-state index contributed by atoms with van der Waals surface area (Å²) in [6, 6.07) is 17.7. The van der Waals surface area contributed by atoms with Gasteiger partial charge in [-0.25, -0.2) is 13.8 Å². The summed E-state index contributed by atoms with van der Waals surface area (Å²) in [5, 5.41) is 10.1. The van der Waals surface area contributed by atoms with Gasteiger partial charge in [0.25, 0.3) is 5.92 Å². The summed E-state index contributed by atoms with van der Waals surface area (Å²) in [6.07, 6.45) is 4.79. The molecule has 6 rings (SSSR count). The standard InChI is InChI=1S/C33H36F2N4O3/c1-22-9-10-24(36-19-22)21-42-26-11-12-29-30(18-26)39(31(37-29)27-7-2-3-8-28(27)32(40)41)20-23-5-4-6-25(17-23)38-15-13-33(34,35)14-16-38/h4-6,9-12,17-19,27-28H,2-3,7-8,13-16,20-21H2,1H3,(H,40,41)/t27-,28+/m1/s1. The molecule has 1 saturated carbocycles. The van der Waals surface area contributed by atoms with E-state index in [0.717, 1.165) is 58.6 Å². The molecule has 7 nitrogen and oxygen atoms in total. The number of carbonyl (C=O) groups is 1. The van der Waals surface area contributed by atoms with E-state index in [1.165, 1.54) is 0 Å². The molecule has 1 saturated heterocycles. The molecule has 0 spiro atoms. The van der Waals surface area contributed by atoms with Gasteiger partial charge in [-0.1, -0.05) is 31.0 Å². The fourth-order valence-electron chi connectivity index (χ4n) is 6.26. The monoisotopic (exact) mass is 574 g/mol. The van der Waals surface area contributed by atoms with Gasteiger partial charge in [0.05, 0.1) is 22.6 Å². The highest BCUT2D eigenvalue weighted by Gasteiger charge is 2.36. The van der Waals surface area contributed by atoms with Crippen LogP contribution < -0.4 is 9.64 Å². The second-order valence-corrected chi connectivity index (χ2v) is 11.7. The first-order valence-corrected chi connectivity index (χ1v) is 14.7. The molecular formula is C33H36F2N4O3. The lowest BCUT2D eigenvalue weighted by molar-refractivity contribution is -0.143. The van der Waals surface area contributed by atoms with Crippen LogP contribution in [0.2, 0.25) is 0 Å². The van der Waals surface area contributed by atoms with Crippen LogP contribution in [-0.4, -0.2) is 44.6 Å². The van der Waals surface area contributed by atoms with E-state index in [1.54, 1.807) is 0 Å². The van der Waals surface area contributed by atoms with E-state index in [-0.39, 0.29) is 18.8 Å². The van der Waals surface area contributed by atoms with Gasteiger partial charge in [0, 0.05) is 56.3 Å². The normalized spacial score (nSPS) is 20.5. The Balaban J connectivity index is 1.34. The average molecular weight is 575 g/mol. The van der Waals surface area contributed by atoms with Gasteiger partial charge < -0.3 is 19.3 Å². The molecular weight excluding hydrogens is 538 g/mol. The minimum atomic E-state index is -2.60. The van der Waals surface area contributed by atoms with Crippen molar-refractivity contribution in [3.8, 4) is 5.75 Å². The molecule has 1 N–H and O–H groups in total. The zero-order chi connectivity index (χ0) is 29.3. The maximum atomic E-state index is 13.8. The van der Waals surface area contributed by atoms with Crippen molar-refractivity contribution in [2.24, 2.45) is 5.92 Å². The molecule has 3 heterocycles. The van der Waals surface area contributed by atoms with E-state index < -0.39 is 17.8 Å². The maximum absolute atomic E-state index is 13.8. The molecule has 2 atom stereocenters. The smallest absolute Gasteiger partial charge is 0.307 e. The van der Waals surface area contributed by atoms with Crippen molar-refractivity contribution in [2.75, 3.05) is 18.0 Å². The summed E-state index contributed by atoms with van der Waals surface area (Å²) >= 11 is 0. The number of aliphatic carboxylic acids is 1. The van der Waals surface area contributed by atoms with Gasteiger partial charge in [0.2, 0.25) is 0 Å². The first-order valence-electron chi connectivity index (χ1n) is 14.7. The Morgan fingerprint density at radius 2 is 1.88 bits per heavy atom. The van der Waals surface area contributed by atoms with Crippen LogP contribution in [0.5, 0.6) is 5.75 Å². The Morgan fingerprint density at radius 1 is 1.07 bits per heavy atom. The predicted molar refractivity (Wildman–Crippen MR) is 157 cm³/mol. The van der Waals surface area contributed by atoms with Crippen LogP contribution in [-0.2, 0) is 17.9 Å². The molecule has 0 bridgehead atoms. The number of nitrogens with zero attached hydrogens (tertiary/aromatic N) is 4. The van der Waals surface area contributed by atoms with E-state index in [2.05, 4.69) is 15.6 Å². The number of anilines is 1. The van der Waals surface area contributed by atoms with Gasteiger partial charge >= 0.3 is 5.97 Å². The largest absolute Gasteiger partial charge is 0.487 e. The van der Waals surface area contributed by atoms with E-state index in [0.29, 0.717) is 38.4 Å². The lowest BCUT2D eigenvalue weighted by Crippen LogP contribution is -2.39. The van der Waals surface area contributed by atoms with Crippen molar-refractivity contribution >= 4 is 22.7 Å². The molecule has 0 unspecified atom stereocenters. The van der Waals surface area contributed by atoms with Gasteiger partial charge in [-0.3, -0.25) is 9.78 Å². The number of hydrogen-bond acceptors (Lipinski definition) is 5. The number of fused-ring (bicyclic) bond motifs is 1. The van der Waals surface area contributed by atoms with Gasteiger partial charge in [0.15, 0.2) is 0 Å². The Kier molecular flexibility index (Phi) is 7.84. The van der Waals surface area contributed by atoms with Crippen LogP contribution in [0.25, 0.3) is 11.0 Å². The van der Waals surface area contributed by atoms with Crippen LogP contribution in [0.1, 0.15) is 67.1 Å². The summed E-state index contributed by atoms with van der Waals surface area (Å²) in [5.74, 6) is -2.61. The Hall–Kier alpha value is -4.01. The molecule has 2 aromatic heterocycles. The molecule has 2 aliphatic rings. The van der Waals surface area contributed by atoms with E-state index in [1.807, 2.05) is 66.6 Å². The van der Waals surface area contributed by atoms with Gasteiger partial charge in [0.1, 0.15) is 18.2 Å². The number of ether oxygens (including phenoxy) is 1. The van der Waals surface area contributed by atoms with Crippen molar-refractivity contribution in [3.63, 3.8) is 0 Å². The number of halogens is 2. The number of benzene rings is 2. The fraction of sp³-hybridized carbons (Fsp3) is 0.424. The van der Waals surface area contributed by atoms with Gasteiger partial charge in [-0.2, -0.15) is 0 Å². The molecule has 4 aromatic rings. The Labute approximate surface area is 244 Å². The lowest BCUT2D eigenvalue weighted by atomic mass is 9.78. The highest BCUT2D eigenvalue weighted by molar-refractivity contribution is 5.79. The van der Waals surface area contributed by atoms with Crippen LogP contribution in [0.15, 0.2) is 60.8 Å². The molecule has 1 aliphatic carbocycles. The number of alkyl halides is 2. The third kappa shape index (κ3) is 6.10. The first kappa shape index (κ1) is 28.1. The molecule has 42 heavy (non-hydrogen) atoms. The zero-order valence-corrected chi connectivity index (χ0v) is 23.8. The molecule has 1 aliphatic heterocycles. The summed E-state index contributed by atoms with van der Waals surface area (Å²) in [6.45, 7) is 3.43. The van der Waals surface area contributed by atoms with Crippen LogP contribution in [0.3, 0.4) is 0 Å². The van der Waals surface area contributed by atoms with Crippen molar-refractivity contribution < 1.29 is 23.4 Å². The van der Waals surface area contributed by atoms with Crippen molar-refractivity contribution in [2.45, 2.75) is 70.4 Å². The average Bonchev–Trinajstić information content (AvgIpc) is 3.34. The highest BCUT2D eigenvalue weighted by Crippen LogP contribution is 2.40. The molecule has 2 fully saturated rings. The topological polar surface area (TPSA) is 80.5 Å². The summed E-state index contributed by atoms with van der Waals surface area (Å²) < 4.78 is 35.8. The number of rotatable bonds is 8. The quantitative estimate of drug-likeness (QED) is 0.245. The van der Waals surface area contributed by atoms with E-state index in [9.17, 15) is 18.7 Å². The van der Waals surface area contributed by atoms with Crippen molar-refractivity contribution in [3.05, 3.63) is 83.4 Å². The molecule has 9 heteroatoms. The van der Waals surface area contributed by atoms with Crippen molar-refractivity contribution in [1.82, 2.24) is 14.5 Å². The van der Waals surface area contributed by atoms with Crippen molar-refractivity contribution in [1.29, 1.82) is 0 Å². The fourth-order valence-corrected chi connectivity index (χ4v) is 6.26. The molecule has 2 aromatic carbocycles. The summed E-state index contributed by atoms with van der Waals surface area (Å²) in [7, 11) is 0. The summed E-state index contributed by atoms with van der Waals surface area (Å²) in [5.41, 5.74) is 5.50. The number of piperidine rings is 1. The maximum Gasteiger partial charge on any atom is 0.307 e. The first-order chi connectivity index (χ1) is 20.3. The predicted octanol–water partition coefficient (Wildman–Crippen LogP) is 6.96. The highest BCUT2D eigenvalue weighted by atomic mass is 19.3. The minimum absolute atomic E-state index is 0.146. The SMILES string of the molecule is Cc1ccc(COc2ccc3nc([C@@H]4CCCC[C@@H]4C(=O)O)n(Cc4cccc(N5CCC(F)(F)CC5)c4)c3c2)nc1. The number of imidazole rings is 1. The Morgan fingerprint density at radius 3 is 2.64 bits per heavy atom. The molecule has 0 amide bonds. The second-order valence-electron chi connectivity index (χ2n) is 11.7. The number of hydrogen-bond donors (Lipinski definition) is 1. The number of carboxylic acids is 1. The van der Waals surface area contributed by atoms with E-state index >= 15 is 0 Å². The van der Waals surface area contributed by atoms with Crippen LogP contribution >= 0.6 is 0 Å². The van der Waals surface area contributed by atoms with Gasteiger partial charge in [-0.05, 0) is 61.2 Å². The third-order valence-corrected chi connectivity index (χ3v) is 8.63. The third-order valence-electron chi connectivity index (χ3n) is 8.63. The Bertz CT molecular complexity index is 1560. The molecule has 220 valence electrons. The number of aromatic nitrogens is 3. The zero-order valence-electron chi connectivity index (χ0n) is 23.8. The summed E-state index contributed by atoms with van der Waals surface area (Å²) in [4.78, 5) is 23.7. The van der Waals surface area contributed by atoms with Crippen LogP contribution in [0.4, 0.5) is 14.5 Å². The van der Waals surface area contributed by atoms with Crippen LogP contribution in [0, 0.1) is 12.8 Å².